The first-order chi connectivity index (χ1) is 7.83. The minimum absolute atomic E-state index is 0.0768. The number of likely N-dealkylation sites (tertiary alicyclic amines) is 1. The molecule has 0 aromatic heterocycles. The fourth-order valence-electron chi connectivity index (χ4n) is 2.06. The van der Waals surface area contributed by atoms with Crippen LogP contribution in [0.5, 0.6) is 0 Å². The van der Waals surface area contributed by atoms with E-state index in [4.69, 9.17) is 5.26 Å². The van der Waals surface area contributed by atoms with Crippen LogP contribution in [0.2, 0.25) is 0 Å². The molecule has 0 spiro atoms. The van der Waals surface area contributed by atoms with Gasteiger partial charge in [0.05, 0.1) is 12.1 Å². The zero-order chi connectivity index (χ0) is 13.1. The van der Waals surface area contributed by atoms with Crippen LogP contribution >= 0.6 is 0 Å². The first-order valence-electron chi connectivity index (χ1n) is 6.29. The highest BCUT2D eigenvalue weighted by molar-refractivity contribution is 5.81. The van der Waals surface area contributed by atoms with Crippen molar-refractivity contribution < 1.29 is 4.79 Å². The Kier molecular flexibility index (Phi) is 4.53. The number of amides is 1. The lowest BCUT2D eigenvalue weighted by Gasteiger charge is -2.34. The van der Waals surface area contributed by atoms with E-state index in [1.54, 1.807) is 0 Å². The lowest BCUT2D eigenvalue weighted by Crippen LogP contribution is -2.52. The molecule has 1 rings (SSSR count). The molecule has 1 saturated heterocycles. The standard InChI is InChI=1S/C13H23N3O/c1-10(12(17)15-13(2,3)4)16-7-5-11(9-14)6-8-16/h10-11H,5-8H2,1-4H3,(H,15,17). The second kappa shape index (κ2) is 5.50. The lowest BCUT2D eigenvalue weighted by atomic mass is 9.97. The number of nitriles is 1. The Bertz CT molecular complexity index is 306. The molecule has 1 atom stereocenters. The number of nitrogens with one attached hydrogen (secondary N) is 1. The molecule has 0 saturated carbocycles. The average Bonchev–Trinajstić information content (AvgIpc) is 2.26. The van der Waals surface area contributed by atoms with Gasteiger partial charge in [-0.25, -0.2) is 0 Å². The number of rotatable bonds is 2. The van der Waals surface area contributed by atoms with Gasteiger partial charge in [-0.3, -0.25) is 9.69 Å². The second-order valence-electron chi connectivity index (χ2n) is 5.85. The van der Waals surface area contributed by atoms with E-state index in [-0.39, 0.29) is 23.4 Å². The van der Waals surface area contributed by atoms with Crippen LogP contribution in [0.1, 0.15) is 40.5 Å². The van der Waals surface area contributed by atoms with Crippen LogP contribution in [0.3, 0.4) is 0 Å². The summed E-state index contributed by atoms with van der Waals surface area (Å²) in [6.07, 6.45) is 1.76. The molecule has 0 aliphatic carbocycles. The summed E-state index contributed by atoms with van der Waals surface area (Å²) in [6, 6.07) is 2.20. The number of nitrogens with zero attached hydrogens (tertiary/aromatic N) is 2. The third-order valence-electron chi connectivity index (χ3n) is 3.14. The summed E-state index contributed by atoms with van der Waals surface area (Å²) in [5.74, 6) is 0.247. The first kappa shape index (κ1) is 14.0. The Hall–Kier alpha value is -1.08. The highest BCUT2D eigenvalue weighted by atomic mass is 16.2. The number of hydrogen-bond donors (Lipinski definition) is 1. The van der Waals surface area contributed by atoms with Crippen LogP contribution < -0.4 is 5.32 Å². The van der Waals surface area contributed by atoms with Crippen LogP contribution in [0.15, 0.2) is 0 Å². The summed E-state index contributed by atoms with van der Waals surface area (Å²) in [5, 5.41) is 11.8. The van der Waals surface area contributed by atoms with Gasteiger partial charge in [0, 0.05) is 24.5 Å². The smallest absolute Gasteiger partial charge is 0.237 e. The topological polar surface area (TPSA) is 56.1 Å². The first-order valence-corrected chi connectivity index (χ1v) is 6.29. The number of hydrogen-bond acceptors (Lipinski definition) is 3. The van der Waals surface area contributed by atoms with E-state index < -0.39 is 0 Å². The summed E-state index contributed by atoms with van der Waals surface area (Å²) >= 11 is 0. The SMILES string of the molecule is CC(C(=O)NC(C)(C)C)N1CCC(C#N)CC1. The molecule has 17 heavy (non-hydrogen) atoms. The Labute approximate surface area is 104 Å². The molecule has 0 aromatic rings. The third kappa shape index (κ3) is 4.35. The van der Waals surface area contributed by atoms with Crippen LogP contribution in [-0.2, 0) is 4.79 Å². The molecule has 1 aliphatic rings. The van der Waals surface area contributed by atoms with E-state index in [1.165, 1.54) is 0 Å². The van der Waals surface area contributed by atoms with E-state index in [9.17, 15) is 4.79 Å². The normalized spacial score (nSPS) is 20.6. The van der Waals surface area contributed by atoms with E-state index in [1.807, 2.05) is 27.7 Å². The Morgan fingerprint density at radius 1 is 1.41 bits per heavy atom. The van der Waals surface area contributed by atoms with Crippen LogP contribution in [0.4, 0.5) is 0 Å². The molecular formula is C13H23N3O. The summed E-state index contributed by atoms with van der Waals surface area (Å²) in [5.41, 5.74) is -0.184. The van der Waals surface area contributed by atoms with Crippen molar-refractivity contribution in [3.63, 3.8) is 0 Å². The highest BCUT2D eigenvalue weighted by Crippen LogP contribution is 2.18. The maximum atomic E-state index is 12.0. The van der Waals surface area contributed by atoms with E-state index in [0.29, 0.717) is 0 Å². The van der Waals surface area contributed by atoms with Gasteiger partial charge in [0.2, 0.25) is 5.91 Å². The lowest BCUT2D eigenvalue weighted by molar-refractivity contribution is -0.127. The largest absolute Gasteiger partial charge is 0.350 e. The molecule has 0 bridgehead atoms. The molecule has 1 amide bonds. The molecule has 4 nitrogen and oxygen atoms in total. The van der Waals surface area contributed by atoms with Gasteiger partial charge in [-0.2, -0.15) is 5.26 Å². The van der Waals surface area contributed by atoms with Crippen molar-refractivity contribution in [1.29, 1.82) is 5.26 Å². The highest BCUT2D eigenvalue weighted by Gasteiger charge is 2.28. The number of piperidine rings is 1. The Balaban J connectivity index is 2.46. The molecule has 1 heterocycles. The minimum atomic E-state index is -0.184. The maximum absolute atomic E-state index is 12.0. The van der Waals surface area contributed by atoms with Crippen molar-refractivity contribution in [3.05, 3.63) is 0 Å². The van der Waals surface area contributed by atoms with Gasteiger partial charge in [-0.15, -0.1) is 0 Å². The van der Waals surface area contributed by atoms with Gasteiger partial charge in [0.1, 0.15) is 0 Å². The predicted molar refractivity (Wildman–Crippen MR) is 67.3 cm³/mol. The fourth-order valence-corrected chi connectivity index (χ4v) is 2.06. The van der Waals surface area contributed by atoms with Crippen molar-refractivity contribution in [1.82, 2.24) is 10.2 Å². The predicted octanol–water partition coefficient (Wildman–Crippen LogP) is 1.53. The second-order valence-corrected chi connectivity index (χ2v) is 5.85. The van der Waals surface area contributed by atoms with Crippen LogP contribution in [-0.4, -0.2) is 35.5 Å². The molecule has 4 heteroatoms. The van der Waals surface area contributed by atoms with E-state index in [2.05, 4.69) is 16.3 Å². The molecule has 1 fully saturated rings. The Morgan fingerprint density at radius 2 is 1.94 bits per heavy atom. The van der Waals surface area contributed by atoms with Crippen molar-refractivity contribution in [3.8, 4) is 6.07 Å². The quantitative estimate of drug-likeness (QED) is 0.792. The number of carbonyl (C=O) groups is 1. The summed E-state index contributed by atoms with van der Waals surface area (Å²) < 4.78 is 0. The van der Waals surface area contributed by atoms with Gasteiger partial charge in [0.15, 0.2) is 0 Å². The van der Waals surface area contributed by atoms with E-state index >= 15 is 0 Å². The summed E-state index contributed by atoms with van der Waals surface area (Å²) in [7, 11) is 0. The van der Waals surface area contributed by atoms with Gasteiger partial charge >= 0.3 is 0 Å². The zero-order valence-corrected chi connectivity index (χ0v) is 11.3. The van der Waals surface area contributed by atoms with Crippen molar-refractivity contribution in [2.24, 2.45) is 5.92 Å². The number of carbonyl (C=O) groups excluding carboxylic acids is 1. The summed E-state index contributed by atoms with van der Waals surface area (Å²) in [6.45, 7) is 9.58. The monoisotopic (exact) mass is 237 g/mol. The Morgan fingerprint density at radius 3 is 2.35 bits per heavy atom. The summed E-state index contributed by atoms with van der Waals surface area (Å²) in [4.78, 5) is 14.2. The molecule has 1 aliphatic heterocycles. The van der Waals surface area contributed by atoms with Crippen LogP contribution in [0.25, 0.3) is 0 Å². The third-order valence-corrected chi connectivity index (χ3v) is 3.14. The average molecular weight is 237 g/mol. The van der Waals surface area contributed by atoms with Crippen molar-refractivity contribution >= 4 is 5.91 Å². The van der Waals surface area contributed by atoms with Crippen molar-refractivity contribution in [2.45, 2.75) is 52.1 Å². The van der Waals surface area contributed by atoms with Gasteiger partial charge in [0.25, 0.3) is 0 Å². The molecule has 1 N–H and O–H groups in total. The molecule has 0 radical (unpaired) electrons. The van der Waals surface area contributed by atoms with Crippen molar-refractivity contribution in [2.75, 3.05) is 13.1 Å². The van der Waals surface area contributed by atoms with Gasteiger partial charge in [-0.1, -0.05) is 0 Å². The maximum Gasteiger partial charge on any atom is 0.237 e. The molecule has 96 valence electrons. The fraction of sp³-hybridized carbons (Fsp3) is 0.846. The van der Waals surface area contributed by atoms with Gasteiger partial charge < -0.3 is 5.32 Å². The van der Waals surface area contributed by atoms with E-state index in [0.717, 1.165) is 25.9 Å². The molecule has 0 aromatic carbocycles. The molecule has 1 unspecified atom stereocenters. The molecular weight excluding hydrogens is 214 g/mol. The van der Waals surface area contributed by atoms with Crippen LogP contribution in [0, 0.1) is 17.2 Å². The minimum Gasteiger partial charge on any atom is -0.350 e. The van der Waals surface area contributed by atoms with Gasteiger partial charge in [-0.05, 0) is 40.5 Å². The zero-order valence-electron chi connectivity index (χ0n) is 11.3.